The van der Waals surface area contributed by atoms with E-state index in [0.717, 1.165) is 0 Å². The predicted molar refractivity (Wildman–Crippen MR) is 97.5 cm³/mol. The third-order valence-electron chi connectivity index (χ3n) is 2.69. The van der Waals surface area contributed by atoms with Crippen LogP contribution in [0.25, 0.3) is 0 Å². The van der Waals surface area contributed by atoms with Gasteiger partial charge in [0.05, 0.1) is 66.1 Å². The zero-order chi connectivity index (χ0) is 20.0. The molecule has 0 aliphatic carbocycles. The minimum absolute atomic E-state index is 0.157. The van der Waals surface area contributed by atoms with Crippen molar-refractivity contribution in [2.45, 2.75) is 0 Å². The van der Waals surface area contributed by atoms with Crippen molar-refractivity contribution in [1.29, 1.82) is 0 Å². The summed E-state index contributed by atoms with van der Waals surface area (Å²) in [6.45, 7) is 4.48. The average Bonchev–Trinajstić information content (AvgIpc) is 2.69. The Morgan fingerprint density at radius 2 is 0.667 bits per heavy atom. The third-order valence-corrected chi connectivity index (χ3v) is 3.12. The topological polar surface area (TPSA) is 98.8 Å². The molecule has 0 N–H and O–H groups in total. The molecule has 27 heavy (non-hydrogen) atoms. The van der Waals surface area contributed by atoms with Crippen LogP contribution in [0, 0.1) is 0 Å². The van der Waals surface area contributed by atoms with Gasteiger partial charge in [-0.1, -0.05) is 0 Å². The Balaban J connectivity index is 3.05. The van der Waals surface area contributed by atoms with Crippen molar-refractivity contribution < 1.29 is 42.7 Å². The molecule has 0 fully saturated rings. The monoisotopic (exact) mass is 434 g/mol. The van der Waals surface area contributed by atoms with Crippen molar-refractivity contribution in [2.24, 2.45) is 0 Å². The van der Waals surface area contributed by atoms with E-state index in [4.69, 9.17) is 56.4 Å². The van der Waals surface area contributed by atoms with Crippen LogP contribution < -0.4 is 0 Å². The highest BCUT2D eigenvalue weighted by Crippen LogP contribution is 1.87. The number of esters is 2. The van der Waals surface area contributed by atoms with Crippen LogP contribution in [0.15, 0.2) is 0 Å². The van der Waals surface area contributed by atoms with Gasteiger partial charge >= 0.3 is 11.9 Å². The number of carbonyl (C=O) groups is 2. The molecule has 0 bridgehead atoms. The van der Waals surface area contributed by atoms with Crippen molar-refractivity contribution in [2.75, 3.05) is 91.0 Å². The van der Waals surface area contributed by atoms with Gasteiger partial charge in [-0.15, -0.1) is 23.2 Å². The van der Waals surface area contributed by atoms with E-state index in [1.54, 1.807) is 0 Å². The number of halogens is 2. The molecule has 0 aliphatic rings. The molecule has 0 spiro atoms. The van der Waals surface area contributed by atoms with Crippen LogP contribution >= 0.6 is 23.2 Å². The van der Waals surface area contributed by atoms with Gasteiger partial charge in [0, 0.05) is 0 Å². The summed E-state index contributed by atoms with van der Waals surface area (Å²) in [5.41, 5.74) is 0. The molecule has 0 saturated carbocycles. The predicted octanol–water partition coefficient (Wildman–Crippen LogP) is 0.633. The smallest absolute Gasteiger partial charge is 0.320 e. The fourth-order valence-corrected chi connectivity index (χ4v) is 1.64. The second-order valence-corrected chi connectivity index (χ2v) is 5.30. The molecule has 11 heteroatoms. The first-order valence-corrected chi connectivity index (χ1v) is 9.59. The van der Waals surface area contributed by atoms with Crippen LogP contribution in [0.5, 0.6) is 0 Å². The number of alkyl halides is 2. The number of rotatable bonds is 20. The number of ether oxygens (including phenoxy) is 7. The van der Waals surface area contributed by atoms with Crippen LogP contribution in [0.4, 0.5) is 0 Å². The van der Waals surface area contributed by atoms with Crippen LogP contribution in [0.1, 0.15) is 0 Å². The largest absolute Gasteiger partial charge is 0.462 e. The van der Waals surface area contributed by atoms with Crippen LogP contribution in [0.2, 0.25) is 0 Å². The van der Waals surface area contributed by atoms with Crippen LogP contribution in [-0.2, 0) is 42.7 Å². The fraction of sp³-hybridized carbons (Fsp3) is 0.875. The maximum atomic E-state index is 10.7. The second-order valence-electron chi connectivity index (χ2n) is 4.77. The summed E-state index contributed by atoms with van der Waals surface area (Å²) < 4.78 is 35.8. The van der Waals surface area contributed by atoms with Gasteiger partial charge in [-0.05, 0) is 0 Å². The molecule has 0 amide bonds. The van der Waals surface area contributed by atoms with E-state index >= 15 is 0 Å². The highest BCUT2D eigenvalue weighted by atomic mass is 35.5. The molecule has 0 aromatic heterocycles. The SMILES string of the molecule is O=C(CCl)OCCOCCOCCOCCOCCOCCOC(=O)CCl. The van der Waals surface area contributed by atoms with E-state index in [9.17, 15) is 9.59 Å². The van der Waals surface area contributed by atoms with E-state index < -0.39 is 11.9 Å². The molecule has 0 unspecified atom stereocenters. The zero-order valence-electron chi connectivity index (χ0n) is 15.3. The van der Waals surface area contributed by atoms with Gasteiger partial charge in [-0.25, -0.2) is 0 Å². The Labute approximate surface area is 169 Å². The van der Waals surface area contributed by atoms with Crippen LogP contribution in [-0.4, -0.2) is 103 Å². The summed E-state index contributed by atoms with van der Waals surface area (Å²) in [6.07, 6.45) is 0. The highest BCUT2D eigenvalue weighted by Gasteiger charge is 1.99. The van der Waals surface area contributed by atoms with E-state index in [1.165, 1.54) is 0 Å². The number of hydrogen-bond acceptors (Lipinski definition) is 9. The summed E-state index contributed by atoms with van der Waals surface area (Å²) in [5, 5.41) is 0. The lowest BCUT2D eigenvalue weighted by molar-refractivity contribution is -0.143. The van der Waals surface area contributed by atoms with Gasteiger partial charge in [-0.2, -0.15) is 0 Å². The summed E-state index contributed by atoms with van der Waals surface area (Å²) >= 11 is 10.5. The van der Waals surface area contributed by atoms with E-state index in [-0.39, 0.29) is 25.0 Å². The normalized spacial score (nSPS) is 10.7. The molecule has 0 aliphatic heterocycles. The minimum atomic E-state index is -0.462. The Morgan fingerprint density at radius 1 is 0.444 bits per heavy atom. The van der Waals surface area contributed by atoms with Gasteiger partial charge in [0.2, 0.25) is 0 Å². The Morgan fingerprint density at radius 3 is 0.889 bits per heavy atom. The first kappa shape index (κ1) is 26.3. The van der Waals surface area contributed by atoms with Gasteiger partial charge < -0.3 is 33.2 Å². The van der Waals surface area contributed by atoms with Gasteiger partial charge in [0.1, 0.15) is 25.0 Å². The fourth-order valence-electron chi connectivity index (χ4n) is 1.49. The van der Waals surface area contributed by atoms with Crippen molar-refractivity contribution in [3.05, 3.63) is 0 Å². The first-order valence-electron chi connectivity index (χ1n) is 8.52. The number of carbonyl (C=O) groups excluding carboxylic acids is 2. The van der Waals surface area contributed by atoms with Gasteiger partial charge in [-0.3, -0.25) is 9.59 Å². The van der Waals surface area contributed by atoms with Gasteiger partial charge in [0.25, 0.3) is 0 Å². The molecule has 0 radical (unpaired) electrons. The molecule has 9 nitrogen and oxygen atoms in total. The van der Waals surface area contributed by atoms with Crippen LogP contribution in [0.3, 0.4) is 0 Å². The van der Waals surface area contributed by atoms with Crippen molar-refractivity contribution in [3.63, 3.8) is 0 Å². The molecule has 0 aromatic carbocycles. The van der Waals surface area contributed by atoms with Gasteiger partial charge in [0.15, 0.2) is 0 Å². The Kier molecular flexibility index (Phi) is 21.1. The molecule has 0 rings (SSSR count). The lowest BCUT2D eigenvalue weighted by Crippen LogP contribution is -2.15. The highest BCUT2D eigenvalue weighted by molar-refractivity contribution is 6.26. The Bertz CT molecular complexity index is 327. The average molecular weight is 435 g/mol. The molecule has 0 atom stereocenters. The molecule has 0 saturated heterocycles. The summed E-state index contributed by atoms with van der Waals surface area (Å²) in [6, 6.07) is 0. The first-order chi connectivity index (χ1) is 13.2. The minimum Gasteiger partial charge on any atom is -0.462 e. The Hall–Kier alpha value is -0.680. The van der Waals surface area contributed by atoms with E-state index in [1.807, 2.05) is 0 Å². The van der Waals surface area contributed by atoms with Crippen molar-refractivity contribution >= 4 is 35.1 Å². The maximum absolute atomic E-state index is 10.7. The number of hydrogen-bond donors (Lipinski definition) is 0. The lowest BCUT2D eigenvalue weighted by Gasteiger charge is -2.08. The molecular weight excluding hydrogens is 407 g/mol. The lowest BCUT2D eigenvalue weighted by atomic mass is 10.6. The maximum Gasteiger partial charge on any atom is 0.320 e. The molecule has 0 heterocycles. The van der Waals surface area contributed by atoms with E-state index in [2.05, 4.69) is 0 Å². The van der Waals surface area contributed by atoms with Crippen molar-refractivity contribution in [1.82, 2.24) is 0 Å². The quantitative estimate of drug-likeness (QED) is 0.155. The standard InChI is InChI=1S/C16H28Cl2O9/c17-13-15(19)26-11-9-24-7-5-22-3-1-21-2-4-23-6-8-25-10-12-27-16(20)14-18/h1-14H2. The zero-order valence-corrected chi connectivity index (χ0v) is 16.8. The third kappa shape index (κ3) is 21.5. The van der Waals surface area contributed by atoms with Crippen molar-refractivity contribution in [3.8, 4) is 0 Å². The second kappa shape index (κ2) is 21.6. The van der Waals surface area contributed by atoms with E-state index in [0.29, 0.717) is 66.1 Å². The summed E-state index contributed by atoms with van der Waals surface area (Å²) in [5.74, 6) is -1.24. The molecule has 0 aromatic rings. The summed E-state index contributed by atoms with van der Waals surface area (Å²) in [4.78, 5) is 21.5. The molecule has 160 valence electrons. The molecular formula is C16H28Cl2O9. The summed E-state index contributed by atoms with van der Waals surface area (Å²) in [7, 11) is 0.